The fourth-order valence-corrected chi connectivity index (χ4v) is 2.86. The molecular formula is C16H17F3N2O4. The van der Waals surface area contributed by atoms with Crippen molar-refractivity contribution in [3.05, 3.63) is 29.3 Å². The highest BCUT2D eigenvalue weighted by Crippen LogP contribution is 2.38. The summed E-state index contributed by atoms with van der Waals surface area (Å²) in [4.78, 5) is 35.7. The molecule has 9 heteroatoms. The highest BCUT2D eigenvalue weighted by Gasteiger charge is 2.53. The van der Waals surface area contributed by atoms with E-state index < -0.39 is 43.0 Å². The van der Waals surface area contributed by atoms with Crippen LogP contribution in [0.1, 0.15) is 22.8 Å². The Hall–Kier alpha value is -2.58. The third kappa shape index (κ3) is 4.09. The van der Waals surface area contributed by atoms with E-state index in [1.165, 1.54) is 13.0 Å². The van der Waals surface area contributed by atoms with E-state index in [4.69, 9.17) is 5.11 Å². The lowest BCUT2D eigenvalue weighted by atomic mass is 9.96. The molecule has 1 heterocycles. The van der Waals surface area contributed by atoms with Crippen molar-refractivity contribution >= 4 is 23.5 Å². The van der Waals surface area contributed by atoms with Gasteiger partial charge >= 0.3 is 12.1 Å². The number of aryl methyl sites for hydroxylation is 1. The number of benzene rings is 1. The Kier molecular flexibility index (Phi) is 5.05. The van der Waals surface area contributed by atoms with Crippen LogP contribution in [0.15, 0.2) is 18.2 Å². The van der Waals surface area contributed by atoms with Gasteiger partial charge in [-0.2, -0.15) is 13.2 Å². The second kappa shape index (κ2) is 6.73. The molecule has 2 amide bonds. The highest BCUT2D eigenvalue weighted by molar-refractivity contribution is 5.98. The van der Waals surface area contributed by atoms with Crippen molar-refractivity contribution in [3.63, 3.8) is 0 Å². The van der Waals surface area contributed by atoms with Crippen LogP contribution in [0, 0.1) is 18.8 Å². The quantitative estimate of drug-likeness (QED) is 0.868. The number of rotatable bonds is 3. The lowest BCUT2D eigenvalue weighted by Crippen LogP contribution is -2.34. The van der Waals surface area contributed by atoms with Gasteiger partial charge in [0, 0.05) is 31.3 Å². The molecule has 1 aromatic carbocycles. The number of halogens is 3. The molecule has 2 atom stereocenters. The molecule has 2 rings (SSSR count). The normalized spacial score (nSPS) is 20.4. The van der Waals surface area contributed by atoms with Gasteiger partial charge in [-0.05, 0) is 24.6 Å². The first-order valence-electron chi connectivity index (χ1n) is 7.47. The van der Waals surface area contributed by atoms with Gasteiger partial charge in [-0.3, -0.25) is 14.4 Å². The van der Waals surface area contributed by atoms with Gasteiger partial charge in [-0.1, -0.05) is 6.07 Å². The minimum absolute atomic E-state index is 0.123. The van der Waals surface area contributed by atoms with Crippen LogP contribution in [0.25, 0.3) is 0 Å². The number of likely N-dealkylation sites (tertiary alicyclic amines) is 1. The molecule has 2 N–H and O–H groups in total. The van der Waals surface area contributed by atoms with E-state index in [1.807, 2.05) is 0 Å². The number of carbonyl (C=O) groups excluding carboxylic acids is 2. The summed E-state index contributed by atoms with van der Waals surface area (Å²) in [5, 5.41) is 11.5. The van der Waals surface area contributed by atoms with Crippen molar-refractivity contribution in [2.24, 2.45) is 11.8 Å². The summed E-state index contributed by atoms with van der Waals surface area (Å²) >= 11 is 0. The lowest BCUT2D eigenvalue weighted by molar-refractivity contribution is -0.187. The summed E-state index contributed by atoms with van der Waals surface area (Å²) in [7, 11) is 0. The minimum Gasteiger partial charge on any atom is -0.481 e. The number of carboxylic acid groups (broad SMARTS) is 1. The molecule has 0 saturated carbocycles. The fraction of sp³-hybridized carbons (Fsp3) is 0.438. The van der Waals surface area contributed by atoms with Crippen molar-refractivity contribution in [1.82, 2.24) is 4.90 Å². The lowest BCUT2D eigenvalue weighted by Gasteiger charge is -2.19. The third-order valence-corrected chi connectivity index (χ3v) is 4.13. The topological polar surface area (TPSA) is 86.7 Å². The second-order valence-electron chi connectivity index (χ2n) is 6.01. The Morgan fingerprint density at radius 2 is 1.88 bits per heavy atom. The van der Waals surface area contributed by atoms with Gasteiger partial charge in [-0.15, -0.1) is 0 Å². The van der Waals surface area contributed by atoms with Crippen LogP contribution in [0.2, 0.25) is 0 Å². The molecule has 0 aromatic heterocycles. The first-order chi connectivity index (χ1) is 11.5. The zero-order valence-corrected chi connectivity index (χ0v) is 13.6. The molecule has 0 spiro atoms. The summed E-state index contributed by atoms with van der Waals surface area (Å²) < 4.78 is 39.1. The molecule has 136 valence electrons. The molecule has 0 radical (unpaired) electrons. The Morgan fingerprint density at radius 3 is 2.36 bits per heavy atom. The molecule has 0 aliphatic carbocycles. The van der Waals surface area contributed by atoms with Crippen molar-refractivity contribution in [3.8, 4) is 0 Å². The SMILES string of the molecule is CC(=O)Nc1ccc(C)c(C(=O)N2C[C@@H](C(F)(F)F)[C@H](C(=O)O)C2)c1. The number of alkyl halides is 3. The van der Waals surface area contributed by atoms with Crippen LogP contribution >= 0.6 is 0 Å². The van der Waals surface area contributed by atoms with E-state index in [2.05, 4.69) is 5.32 Å². The second-order valence-corrected chi connectivity index (χ2v) is 6.01. The molecule has 0 unspecified atom stereocenters. The summed E-state index contributed by atoms with van der Waals surface area (Å²) in [6.07, 6.45) is -4.70. The maximum absolute atomic E-state index is 13.0. The molecular weight excluding hydrogens is 341 g/mol. The maximum atomic E-state index is 13.0. The smallest absolute Gasteiger partial charge is 0.394 e. The highest BCUT2D eigenvalue weighted by atomic mass is 19.4. The largest absolute Gasteiger partial charge is 0.481 e. The van der Waals surface area contributed by atoms with E-state index in [9.17, 15) is 27.6 Å². The number of hydrogen-bond donors (Lipinski definition) is 2. The number of nitrogens with zero attached hydrogens (tertiary/aromatic N) is 1. The fourth-order valence-electron chi connectivity index (χ4n) is 2.86. The number of carbonyl (C=O) groups is 3. The van der Waals surface area contributed by atoms with E-state index in [-0.39, 0.29) is 11.5 Å². The van der Waals surface area contributed by atoms with Crippen LogP contribution in [0.3, 0.4) is 0 Å². The molecule has 1 aromatic rings. The minimum atomic E-state index is -4.70. The van der Waals surface area contributed by atoms with Crippen LogP contribution in [0.5, 0.6) is 0 Å². The molecule has 6 nitrogen and oxygen atoms in total. The van der Waals surface area contributed by atoms with Crippen LogP contribution in [-0.4, -0.2) is 47.1 Å². The molecule has 1 saturated heterocycles. The zero-order chi connectivity index (χ0) is 18.9. The van der Waals surface area contributed by atoms with Gasteiger partial charge in [0.1, 0.15) is 0 Å². The molecule has 1 aliphatic heterocycles. The van der Waals surface area contributed by atoms with Crippen molar-refractivity contribution in [2.75, 3.05) is 18.4 Å². The molecule has 25 heavy (non-hydrogen) atoms. The Morgan fingerprint density at radius 1 is 1.24 bits per heavy atom. The number of carboxylic acids is 1. The zero-order valence-electron chi connectivity index (χ0n) is 13.6. The van der Waals surface area contributed by atoms with Crippen LogP contribution < -0.4 is 5.32 Å². The van der Waals surface area contributed by atoms with E-state index in [0.29, 0.717) is 11.3 Å². The predicted octanol–water partition coefficient (Wildman–Crippen LogP) is 2.29. The third-order valence-electron chi connectivity index (χ3n) is 4.13. The maximum Gasteiger partial charge on any atom is 0.394 e. The number of hydrogen-bond acceptors (Lipinski definition) is 3. The van der Waals surface area contributed by atoms with Gasteiger partial charge in [0.2, 0.25) is 5.91 Å². The van der Waals surface area contributed by atoms with Crippen LogP contribution in [-0.2, 0) is 9.59 Å². The Labute approximate surface area is 141 Å². The first-order valence-corrected chi connectivity index (χ1v) is 7.47. The van der Waals surface area contributed by atoms with Gasteiger partial charge in [0.25, 0.3) is 5.91 Å². The van der Waals surface area contributed by atoms with Gasteiger partial charge in [0.15, 0.2) is 0 Å². The van der Waals surface area contributed by atoms with Crippen LogP contribution in [0.4, 0.5) is 18.9 Å². The Balaban J connectivity index is 2.29. The standard InChI is InChI=1S/C16H17F3N2O4/c1-8-3-4-10(20-9(2)22)5-11(8)14(23)21-6-12(15(24)25)13(7-21)16(17,18)19/h3-5,12-13H,6-7H2,1-2H3,(H,20,22)(H,24,25)/t12-,13-/m1/s1. The number of amides is 2. The van der Waals surface area contributed by atoms with E-state index >= 15 is 0 Å². The number of aliphatic carboxylic acids is 1. The number of nitrogens with one attached hydrogen (secondary N) is 1. The van der Waals surface area contributed by atoms with Crippen molar-refractivity contribution in [2.45, 2.75) is 20.0 Å². The molecule has 1 aliphatic rings. The van der Waals surface area contributed by atoms with E-state index in [1.54, 1.807) is 19.1 Å². The monoisotopic (exact) mass is 358 g/mol. The summed E-state index contributed by atoms with van der Waals surface area (Å²) in [6, 6.07) is 4.50. The molecule has 0 bridgehead atoms. The average molecular weight is 358 g/mol. The van der Waals surface area contributed by atoms with Gasteiger partial charge < -0.3 is 15.3 Å². The Bertz CT molecular complexity index is 718. The van der Waals surface area contributed by atoms with Gasteiger partial charge in [-0.25, -0.2) is 0 Å². The van der Waals surface area contributed by atoms with E-state index in [0.717, 1.165) is 4.90 Å². The summed E-state index contributed by atoms with van der Waals surface area (Å²) in [5.41, 5.74) is 0.974. The average Bonchev–Trinajstić information content (AvgIpc) is 2.93. The summed E-state index contributed by atoms with van der Waals surface area (Å²) in [6.45, 7) is 1.68. The summed E-state index contributed by atoms with van der Waals surface area (Å²) in [5.74, 6) is -6.42. The van der Waals surface area contributed by atoms with Crippen molar-refractivity contribution < 1.29 is 32.7 Å². The predicted molar refractivity (Wildman–Crippen MR) is 82.1 cm³/mol. The number of anilines is 1. The van der Waals surface area contributed by atoms with Gasteiger partial charge in [0.05, 0.1) is 11.8 Å². The first kappa shape index (κ1) is 18.8. The van der Waals surface area contributed by atoms with Crippen molar-refractivity contribution in [1.29, 1.82) is 0 Å². The molecule has 1 fully saturated rings.